The van der Waals surface area contributed by atoms with Crippen molar-refractivity contribution in [1.82, 2.24) is 0 Å². The lowest BCUT2D eigenvalue weighted by molar-refractivity contribution is 1.28. The van der Waals surface area contributed by atoms with Gasteiger partial charge in [-0.2, -0.15) is 0 Å². The van der Waals surface area contributed by atoms with Crippen molar-refractivity contribution in [2.75, 3.05) is 4.90 Å². The molecule has 0 amide bonds. The Hall–Kier alpha value is -5.96. The van der Waals surface area contributed by atoms with Gasteiger partial charge in [0.05, 0.1) is 5.69 Å². The Morgan fingerprint density at radius 2 is 0.958 bits per heavy atom. The number of thiophene rings is 1. The highest BCUT2D eigenvalue weighted by molar-refractivity contribution is 7.25. The largest absolute Gasteiger partial charge is 0.310 e. The monoisotopic (exact) mass is 629 g/mol. The lowest BCUT2D eigenvalue weighted by Gasteiger charge is -2.28. The molecule has 0 radical (unpaired) electrons. The first-order chi connectivity index (χ1) is 23.8. The summed E-state index contributed by atoms with van der Waals surface area (Å²) in [5, 5.41) is 5.16. The van der Waals surface area contributed by atoms with Gasteiger partial charge in [0.15, 0.2) is 0 Å². The van der Waals surface area contributed by atoms with Crippen LogP contribution in [-0.2, 0) is 0 Å². The van der Waals surface area contributed by atoms with E-state index < -0.39 is 0 Å². The number of rotatable bonds is 6. The number of benzene rings is 8. The quantitative estimate of drug-likeness (QED) is 0.177. The van der Waals surface area contributed by atoms with Crippen molar-refractivity contribution >= 4 is 59.3 Å². The second-order valence-corrected chi connectivity index (χ2v) is 13.2. The molecule has 0 unspecified atom stereocenters. The van der Waals surface area contributed by atoms with Crippen molar-refractivity contribution in [1.29, 1.82) is 0 Å². The fourth-order valence-electron chi connectivity index (χ4n) is 7.05. The number of hydrogen-bond donors (Lipinski definition) is 0. The molecule has 8 aromatic carbocycles. The Morgan fingerprint density at radius 3 is 1.85 bits per heavy atom. The molecule has 0 fully saturated rings. The number of hydrogen-bond acceptors (Lipinski definition) is 2. The minimum atomic E-state index is 1.12. The van der Waals surface area contributed by atoms with E-state index in [1.54, 1.807) is 0 Å². The van der Waals surface area contributed by atoms with Gasteiger partial charge in [-0.3, -0.25) is 0 Å². The van der Waals surface area contributed by atoms with E-state index in [9.17, 15) is 0 Å². The van der Waals surface area contributed by atoms with Crippen LogP contribution in [0.5, 0.6) is 0 Å². The molecule has 0 spiro atoms. The molecule has 9 aromatic rings. The Balaban J connectivity index is 1.15. The van der Waals surface area contributed by atoms with Crippen LogP contribution < -0.4 is 4.90 Å². The highest BCUT2D eigenvalue weighted by Crippen LogP contribution is 2.46. The first-order valence-corrected chi connectivity index (χ1v) is 17.2. The van der Waals surface area contributed by atoms with Crippen molar-refractivity contribution in [2.45, 2.75) is 0 Å². The maximum absolute atomic E-state index is 2.39. The first kappa shape index (κ1) is 28.3. The van der Waals surface area contributed by atoms with Crippen LogP contribution in [0.25, 0.3) is 64.3 Å². The highest BCUT2D eigenvalue weighted by atomic mass is 32.1. The number of fused-ring (bicyclic) bond motifs is 4. The highest BCUT2D eigenvalue weighted by Gasteiger charge is 2.19. The van der Waals surface area contributed by atoms with E-state index in [4.69, 9.17) is 0 Å². The van der Waals surface area contributed by atoms with Crippen LogP contribution in [0.15, 0.2) is 188 Å². The van der Waals surface area contributed by atoms with E-state index in [2.05, 4.69) is 193 Å². The second-order valence-electron chi connectivity index (χ2n) is 12.1. The van der Waals surface area contributed by atoms with Gasteiger partial charge in [0.25, 0.3) is 0 Å². The van der Waals surface area contributed by atoms with Gasteiger partial charge in [0.2, 0.25) is 0 Å². The van der Waals surface area contributed by atoms with Crippen LogP contribution in [0.2, 0.25) is 0 Å². The van der Waals surface area contributed by atoms with Crippen LogP contribution in [0.3, 0.4) is 0 Å². The molecule has 0 aliphatic carbocycles. The lowest BCUT2D eigenvalue weighted by atomic mass is 9.95. The summed E-state index contributed by atoms with van der Waals surface area (Å²) in [4.78, 5) is 2.39. The maximum Gasteiger partial charge on any atom is 0.0540 e. The van der Waals surface area contributed by atoms with E-state index in [1.807, 2.05) is 11.3 Å². The zero-order valence-electron chi connectivity index (χ0n) is 26.3. The zero-order chi connectivity index (χ0) is 31.9. The van der Waals surface area contributed by atoms with Gasteiger partial charge >= 0.3 is 0 Å². The molecule has 1 aromatic heterocycles. The standard InChI is InChI=1S/C46H31NS/c1-2-17-36(18-3-1)47(43-24-8-6-20-40(43)41-23-12-26-45-46(41)42-21-7-9-25-44(42)48-45)37-29-27-32(28-30-37)34-15-10-16-35(31-34)39-22-11-14-33-13-4-5-19-38(33)39/h1-31H. The average Bonchev–Trinajstić information content (AvgIpc) is 3.55. The third kappa shape index (κ3) is 4.95. The van der Waals surface area contributed by atoms with Gasteiger partial charge in [-0.1, -0.05) is 140 Å². The number of para-hydroxylation sites is 2. The van der Waals surface area contributed by atoms with Crippen molar-refractivity contribution in [3.8, 4) is 33.4 Å². The van der Waals surface area contributed by atoms with Crippen molar-refractivity contribution in [2.24, 2.45) is 0 Å². The summed E-state index contributed by atoms with van der Waals surface area (Å²) in [6, 6.07) is 68.1. The molecule has 0 atom stereocenters. The molecular formula is C46H31NS. The minimum absolute atomic E-state index is 1.12. The van der Waals surface area contributed by atoms with Crippen molar-refractivity contribution in [3.63, 3.8) is 0 Å². The van der Waals surface area contributed by atoms with Crippen LogP contribution in [0, 0.1) is 0 Å². The smallest absolute Gasteiger partial charge is 0.0540 e. The molecule has 1 nitrogen and oxygen atoms in total. The van der Waals surface area contributed by atoms with E-state index in [0.29, 0.717) is 0 Å². The molecule has 1 heterocycles. The van der Waals surface area contributed by atoms with Crippen LogP contribution in [0.4, 0.5) is 17.1 Å². The topological polar surface area (TPSA) is 3.24 Å². The summed E-state index contributed by atoms with van der Waals surface area (Å²) in [5.74, 6) is 0. The molecule has 0 aliphatic heterocycles. The number of anilines is 3. The fraction of sp³-hybridized carbons (Fsp3) is 0. The third-order valence-corrected chi connectivity index (χ3v) is 10.4. The summed E-state index contributed by atoms with van der Waals surface area (Å²) in [6.07, 6.45) is 0. The van der Waals surface area contributed by atoms with Gasteiger partial charge in [0, 0.05) is 37.1 Å². The summed E-state index contributed by atoms with van der Waals surface area (Å²) in [7, 11) is 0. The zero-order valence-corrected chi connectivity index (χ0v) is 27.1. The molecule has 226 valence electrons. The minimum Gasteiger partial charge on any atom is -0.310 e. The first-order valence-electron chi connectivity index (χ1n) is 16.4. The molecule has 0 N–H and O–H groups in total. The van der Waals surface area contributed by atoms with E-state index in [0.717, 1.165) is 17.1 Å². The molecule has 2 heteroatoms. The van der Waals surface area contributed by atoms with E-state index in [1.165, 1.54) is 64.3 Å². The van der Waals surface area contributed by atoms with Crippen molar-refractivity contribution < 1.29 is 0 Å². The molecule has 9 rings (SSSR count). The predicted molar refractivity (Wildman–Crippen MR) is 208 cm³/mol. The van der Waals surface area contributed by atoms with Crippen LogP contribution >= 0.6 is 11.3 Å². The average molecular weight is 630 g/mol. The second kappa shape index (κ2) is 12.0. The lowest BCUT2D eigenvalue weighted by Crippen LogP contribution is -2.11. The predicted octanol–water partition coefficient (Wildman–Crippen LogP) is 13.7. The maximum atomic E-state index is 2.39. The van der Waals surface area contributed by atoms with Crippen LogP contribution in [-0.4, -0.2) is 0 Å². The van der Waals surface area contributed by atoms with Gasteiger partial charge in [-0.05, 0) is 87.1 Å². The Labute approximate surface area is 284 Å². The molecule has 48 heavy (non-hydrogen) atoms. The molecular weight excluding hydrogens is 599 g/mol. The molecule has 0 bridgehead atoms. The van der Waals surface area contributed by atoms with E-state index in [-0.39, 0.29) is 0 Å². The SMILES string of the molecule is c1ccc(N(c2ccc(-c3cccc(-c4cccc5ccccc45)c3)cc2)c2ccccc2-c2cccc3sc4ccccc4c23)cc1. The fourth-order valence-corrected chi connectivity index (χ4v) is 8.18. The van der Waals surface area contributed by atoms with Gasteiger partial charge < -0.3 is 4.90 Å². The van der Waals surface area contributed by atoms with Gasteiger partial charge in [-0.15, -0.1) is 11.3 Å². The van der Waals surface area contributed by atoms with Crippen molar-refractivity contribution in [3.05, 3.63) is 188 Å². The summed E-state index contributed by atoms with van der Waals surface area (Å²) < 4.78 is 2.63. The number of nitrogens with zero attached hydrogens (tertiary/aromatic N) is 1. The molecule has 0 saturated carbocycles. The molecule has 0 aliphatic rings. The Morgan fingerprint density at radius 1 is 0.354 bits per heavy atom. The van der Waals surface area contributed by atoms with Crippen LogP contribution in [0.1, 0.15) is 0 Å². The molecule has 0 saturated heterocycles. The summed E-state index contributed by atoms with van der Waals surface area (Å²) in [5.41, 5.74) is 10.7. The van der Waals surface area contributed by atoms with E-state index >= 15 is 0 Å². The Kier molecular flexibility index (Phi) is 7.07. The summed E-state index contributed by atoms with van der Waals surface area (Å²) >= 11 is 1.86. The Bertz CT molecular complexity index is 2560. The third-order valence-electron chi connectivity index (χ3n) is 9.27. The van der Waals surface area contributed by atoms with Gasteiger partial charge in [-0.25, -0.2) is 0 Å². The normalized spacial score (nSPS) is 11.3. The van der Waals surface area contributed by atoms with Gasteiger partial charge in [0.1, 0.15) is 0 Å². The summed E-state index contributed by atoms with van der Waals surface area (Å²) in [6.45, 7) is 0.